The maximum absolute atomic E-state index is 9.69. The zero-order valence-electron chi connectivity index (χ0n) is 10.2. The highest BCUT2D eigenvalue weighted by Gasteiger charge is 2.17. The minimum Gasteiger partial charge on any atom is -0.493 e. The van der Waals surface area contributed by atoms with Crippen LogP contribution < -0.4 is 4.74 Å². The van der Waals surface area contributed by atoms with E-state index in [0.29, 0.717) is 5.92 Å². The largest absolute Gasteiger partial charge is 0.493 e. The number of aliphatic hydroxyl groups is 1. The number of ether oxygens (including phenoxy) is 1. The SMILES string of the molecule is C[C@@H](O)c1ccc(Br)cc1OCC1CCCC1. The Morgan fingerprint density at radius 3 is 2.76 bits per heavy atom. The van der Waals surface area contributed by atoms with Crippen molar-refractivity contribution in [1.29, 1.82) is 0 Å². The minimum atomic E-state index is -0.485. The summed E-state index contributed by atoms with van der Waals surface area (Å²) >= 11 is 3.44. The summed E-state index contributed by atoms with van der Waals surface area (Å²) in [6.45, 7) is 2.54. The molecule has 3 heteroatoms. The molecule has 0 aliphatic heterocycles. The summed E-state index contributed by atoms with van der Waals surface area (Å²) in [5, 5.41) is 9.69. The highest BCUT2D eigenvalue weighted by molar-refractivity contribution is 9.10. The Kier molecular flexibility index (Phi) is 4.46. The van der Waals surface area contributed by atoms with Crippen LogP contribution in [-0.4, -0.2) is 11.7 Å². The van der Waals surface area contributed by atoms with Gasteiger partial charge in [-0.3, -0.25) is 0 Å². The maximum Gasteiger partial charge on any atom is 0.126 e. The smallest absolute Gasteiger partial charge is 0.126 e. The van der Waals surface area contributed by atoms with Crippen LogP contribution in [0, 0.1) is 5.92 Å². The zero-order chi connectivity index (χ0) is 12.3. The number of hydrogen-bond acceptors (Lipinski definition) is 2. The summed E-state index contributed by atoms with van der Waals surface area (Å²) < 4.78 is 6.86. The zero-order valence-corrected chi connectivity index (χ0v) is 11.7. The first kappa shape index (κ1) is 12.9. The lowest BCUT2D eigenvalue weighted by Gasteiger charge is -2.16. The second-order valence-electron chi connectivity index (χ2n) is 4.82. The Bertz CT molecular complexity index is 370. The van der Waals surface area contributed by atoms with E-state index in [-0.39, 0.29) is 0 Å². The number of aliphatic hydroxyl groups excluding tert-OH is 1. The molecule has 0 bridgehead atoms. The second-order valence-corrected chi connectivity index (χ2v) is 5.74. The first-order valence-corrected chi connectivity index (χ1v) is 7.06. The van der Waals surface area contributed by atoms with Crippen LogP contribution in [-0.2, 0) is 0 Å². The lowest BCUT2D eigenvalue weighted by atomic mass is 10.1. The molecular weight excluding hydrogens is 280 g/mol. The van der Waals surface area contributed by atoms with Crippen molar-refractivity contribution in [2.75, 3.05) is 6.61 Å². The number of benzene rings is 1. The van der Waals surface area contributed by atoms with Crippen molar-refractivity contribution in [2.45, 2.75) is 38.7 Å². The van der Waals surface area contributed by atoms with Crippen LogP contribution in [0.2, 0.25) is 0 Å². The lowest BCUT2D eigenvalue weighted by molar-refractivity contribution is 0.186. The van der Waals surface area contributed by atoms with Crippen LogP contribution in [0.5, 0.6) is 5.75 Å². The van der Waals surface area contributed by atoms with Crippen LogP contribution in [0.1, 0.15) is 44.3 Å². The van der Waals surface area contributed by atoms with Gasteiger partial charge in [-0.05, 0) is 37.8 Å². The summed E-state index contributed by atoms with van der Waals surface area (Å²) in [6, 6.07) is 5.79. The van der Waals surface area contributed by atoms with Gasteiger partial charge in [-0.1, -0.05) is 34.8 Å². The third-order valence-electron chi connectivity index (χ3n) is 3.37. The van der Waals surface area contributed by atoms with Crippen molar-refractivity contribution < 1.29 is 9.84 Å². The van der Waals surface area contributed by atoms with Crippen molar-refractivity contribution in [3.8, 4) is 5.75 Å². The minimum absolute atomic E-state index is 0.485. The monoisotopic (exact) mass is 298 g/mol. The average molecular weight is 299 g/mol. The van der Waals surface area contributed by atoms with E-state index in [1.165, 1.54) is 25.7 Å². The van der Waals surface area contributed by atoms with Gasteiger partial charge in [-0.25, -0.2) is 0 Å². The van der Waals surface area contributed by atoms with Crippen molar-refractivity contribution in [3.05, 3.63) is 28.2 Å². The topological polar surface area (TPSA) is 29.5 Å². The molecule has 0 heterocycles. The second kappa shape index (κ2) is 5.87. The van der Waals surface area contributed by atoms with Gasteiger partial charge in [0.2, 0.25) is 0 Å². The van der Waals surface area contributed by atoms with Crippen LogP contribution in [0.15, 0.2) is 22.7 Å². The van der Waals surface area contributed by atoms with Crippen LogP contribution in [0.25, 0.3) is 0 Å². The number of hydrogen-bond donors (Lipinski definition) is 1. The Balaban J connectivity index is 2.04. The van der Waals surface area contributed by atoms with Crippen LogP contribution in [0.3, 0.4) is 0 Å². The van der Waals surface area contributed by atoms with Gasteiger partial charge < -0.3 is 9.84 Å². The number of rotatable bonds is 4. The summed E-state index contributed by atoms with van der Waals surface area (Å²) in [4.78, 5) is 0. The standard InChI is InChI=1S/C14H19BrO2/c1-10(16)13-7-6-12(15)8-14(13)17-9-11-4-2-3-5-11/h6-8,10-11,16H,2-5,9H2,1H3/t10-/m1/s1. The van der Waals surface area contributed by atoms with Gasteiger partial charge in [0, 0.05) is 10.0 Å². The molecule has 2 nitrogen and oxygen atoms in total. The first-order valence-electron chi connectivity index (χ1n) is 6.27. The molecule has 1 aliphatic carbocycles. The Labute approximate surface area is 111 Å². The molecule has 1 fully saturated rings. The summed E-state index contributed by atoms with van der Waals surface area (Å²) in [7, 11) is 0. The molecular formula is C14H19BrO2. The average Bonchev–Trinajstić information content (AvgIpc) is 2.78. The predicted molar refractivity (Wildman–Crippen MR) is 72.2 cm³/mol. The molecule has 94 valence electrons. The normalized spacial score (nSPS) is 18.3. The summed E-state index contributed by atoms with van der Waals surface area (Å²) in [5.74, 6) is 1.50. The molecule has 0 spiro atoms. The molecule has 1 atom stereocenters. The van der Waals surface area contributed by atoms with Gasteiger partial charge >= 0.3 is 0 Å². The Morgan fingerprint density at radius 2 is 2.12 bits per heavy atom. The van der Waals surface area contributed by atoms with Crippen molar-refractivity contribution in [2.24, 2.45) is 5.92 Å². The maximum atomic E-state index is 9.69. The van der Waals surface area contributed by atoms with E-state index in [9.17, 15) is 5.11 Å². The van der Waals surface area contributed by atoms with Crippen molar-refractivity contribution >= 4 is 15.9 Å². The van der Waals surface area contributed by atoms with E-state index in [1.807, 2.05) is 18.2 Å². The van der Waals surface area contributed by atoms with Gasteiger partial charge in [-0.15, -0.1) is 0 Å². The highest BCUT2D eigenvalue weighted by atomic mass is 79.9. The molecule has 0 saturated heterocycles. The molecule has 1 N–H and O–H groups in total. The van der Waals surface area contributed by atoms with Gasteiger partial charge in [0.25, 0.3) is 0 Å². The van der Waals surface area contributed by atoms with E-state index in [2.05, 4.69) is 15.9 Å². The van der Waals surface area contributed by atoms with Gasteiger partial charge in [0.15, 0.2) is 0 Å². The van der Waals surface area contributed by atoms with E-state index in [1.54, 1.807) is 6.92 Å². The molecule has 0 amide bonds. The molecule has 1 aromatic rings. The first-order chi connectivity index (χ1) is 8.16. The summed E-state index contributed by atoms with van der Waals surface area (Å²) in [6.07, 6.45) is 4.73. The Hall–Kier alpha value is -0.540. The third kappa shape index (κ3) is 3.46. The predicted octanol–water partition coefficient (Wildman–Crippen LogP) is 4.07. The van der Waals surface area contributed by atoms with E-state index in [4.69, 9.17) is 4.74 Å². The highest BCUT2D eigenvalue weighted by Crippen LogP contribution is 2.31. The van der Waals surface area contributed by atoms with Crippen molar-refractivity contribution in [3.63, 3.8) is 0 Å². The van der Waals surface area contributed by atoms with Gasteiger partial charge in [0.1, 0.15) is 5.75 Å². The molecule has 1 aliphatic rings. The van der Waals surface area contributed by atoms with E-state index in [0.717, 1.165) is 22.4 Å². The Morgan fingerprint density at radius 1 is 1.41 bits per heavy atom. The molecule has 17 heavy (non-hydrogen) atoms. The third-order valence-corrected chi connectivity index (χ3v) is 3.87. The van der Waals surface area contributed by atoms with Crippen LogP contribution >= 0.6 is 15.9 Å². The lowest BCUT2D eigenvalue weighted by Crippen LogP contribution is -2.09. The fraction of sp³-hybridized carbons (Fsp3) is 0.571. The van der Waals surface area contributed by atoms with Crippen LogP contribution in [0.4, 0.5) is 0 Å². The molecule has 1 saturated carbocycles. The van der Waals surface area contributed by atoms with Crippen molar-refractivity contribution in [1.82, 2.24) is 0 Å². The van der Waals surface area contributed by atoms with Gasteiger partial charge in [0.05, 0.1) is 12.7 Å². The summed E-state index contributed by atoms with van der Waals surface area (Å²) in [5.41, 5.74) is 0.867. The molecule has 0 aromatic heterocycles. The fourth-order valence-corrected chi connectivity index (χ4v) is 2.70. The molecule has 0 unspecified atom stereocenters. The molecule has 2 rings (SSSR count). The van der Waals surface area contributed by atoms with E-state index < -0.39 is 6.10 Å². The van der Waals surface area contributed by atoms with Gasteiger partial charge in [-0.2, -0.15) is 0 Å². The molecule has 0 radical (unpaired) electrons. The fourth-order valence-electron chi connectivity index (χ4n) is 2.36. The molecule has 1 aromatic carbocycles. The number of halogens is 1. The quantitative estimate of drug-likeness (QED) is 0.908. The van der Waals surface area contributed by atoms with E-state index >= 15 is 0 Å².